The van der Waals surface area contributed by atoms with Crippen LogP contribution in [-0.2, 0) is 0 Å². The van der Waals surface area contributed by atoms with E-state index in [-0.39, 0.29) is 11.3 Å². The third kappa shape index (κ3) is 8.09. The van der Waals surface area contributed by atoms with Crippen molar-refractivity contribution in [2.24, 2.45) is 4.99 Å². The number of amides is 2. The van der Waals surface area contributed by atoms with E-state index >= 15 is 0 Å². The van der Waals surface area contributed by atoms with Crippen LogP contribution in [0.25, 0.3) is 22.9 Å². The molecule has 0 saturated carbocycles. The average molecular weight is 639 g/mol. The van der Waals surface area contributed by atoms with Gasteiger partial charge >= 0.3 is 12.4 Å². The van der Waals surface area contributed by atoms with Gasteiger partial charge in [0, 0.05) is 35.3 Å². The van der Waals surface area contributed by atoms with Gasteiger partial charge < -0.3 is 15.0 Å². The smallest absolute Gasteiger partial charge is 0.406 e. The van der Waals surface area contributed by atoms with Crippen molar-refractivity contribution in [3.63, 3.8) is 0 Å². The van der Waals surface area contributed by atoms with E-state index in [0.717, 1.165) is 36.2 Å². The highest BCUT2D eigenvalue weighted by Gasteiger charge is 2.31. The molecule has 0 atom stereocenters. The quantitative estimate of drug-likeness (QED) is 0.205. The van der Waals surface area contributed by atoms with Crippen molar-refractivity contribution in [1.29, 1.82) is 0 Å². The molecular weight excluding hydrogens is 608 g/mol. The van der Waals surface area contributed by atoms with Crippen LogP contribution in [-0.4, -0.2) is 44.6 Å². The second kappa shape index (κ2) is 13.6. The topological polar surface area (TPSA) is 84.6 Å². The first-order valence-electron chi connectivity index (χ1n) is 14.1. The summed E-state index contributed by atoms with van der Waals surface area (Å²) in [6, 6.07) is 17.1. The van der Waals surface area contributed by atoms with Gasteiger partial charge in [0.15, 0.2) is 11.0 Å². The highest BCUT2D eigenvalue weighted by molar-refractivity contribution is 8.14. The first-order valence-corrected chi connectivity index (χ1v) is 15.1. The van der Waals surface area contributed by atoms with Crippen molar-refractivity contribution in [3.8, 4) is 22.8 Å². The molecule has 1 aliphatic heterocycles. The standard InChI is InChI=1S/C32H30F4N6O2S/c1-20(2)26-14-5-21(3)17-28(26)41-15-4-16-45-31(41)39-30(43)37-18-27(33)22-6-8-23(9-7-22)29-38-19-42(40-29)24-10-12-25(13-11-24)44-32(34,35)36/h5-14,17-20H,4,15-16H2,1-3H3,(H,37,43)/b27-18-,39-31?. The summed E-state index contributed by atoms with van der Waals surface area (Å²) >= 11 is 1.49. The van der Waals surface area contributed by atoms with Crippen molar-refractivity contribution in [3.05, 3.63) is 95.9 Å². The number of nitrogens with zero attached hydrogens (tertiary/aromatic N) is 5. The van der Waals surface area contributed by atoms with E-state index in [1.54, 1.807) is 12.1 Å². The summed E-state index contributed by atoms with van der Waals surface area (Å²) < 4.78 is 57.5. The van der Waals surface area contributed by atoms with Crippen LogP contribution in [0.1, 0.15) is 42.9 Å². The van der Waals surface area contributed by atoms with E-state index in [4.69, 9.17) is 0 Å². The number of nitrogens with one attached hydrogen (secondary N) is 1. The van der Waals surface area contributed by atoms with Gasteiger partial charge in [0.25, 0.3) is 0 Å². The number of rotatable bonds is 7. The zero-order valence-corrected chi connectivity index (χ0v) is 25.5. The molecule has 2 amide bonds. The van der Waals surface area contributed by atoms with E-state index in [2.05, 4.69) is 62.1 Å². The van der Waals surface area contributed by atoms with Gasteiger partial charge in [-0.05, 0) is 60.7 Å². The van der Waals surface area contributed by atoms with Crippen LogP contribution in [0.15, 0.2) is 84.2 Å². The predicted molar refractivity (Wildman–Crippen MR) is 168 cm³/mol. The Labute approximate surface area is 261 Å². The van der Waals surface area contributed by atoms with Crippen LogP contribution < -0.4 is 15.0 Å². The molecule has 234 valence electrons. The normalized spacial score (nSPS) is 15.1. The third-order valence-corrected chi connectivity index (χ3v) is 7.91. The first-order chi connectivity index (χ1) is 21.5. The fourth-order valence-electron chi connectivity index (χ4n) is 4.68. The summed E-state index contributed by atoms with van der Waals surface area (Å²) in [7, 11) is 0. The molecule has 0 radical (unpaired) electrons. The van der Waals surface area contributed by atoms with Gasteiger partial charge in [0.1, 0.15) is 17.9 Å². The number of aryl methyl sites for hydroxylation is 1. The number of benzene rings is 3. The van der Waals surface area contributed by atoms with Crippen LogP contribution in [0.3, 0.4) is 0 Å². The minimum atomic E-state index is -4.78. The van der Waals surface area contributed by atoms with Gasteiger partial charge in [0.2, 0.25) is 0 Å². The molecule has 1 saturated heterocycles. The molecule has 1 aliphatic rings. The first kappa shape index (κ1) is 31.8. The van der Waals surface area contributed by atoms with E-state index < -0.39 is 18.2 Å². The summed E-state index contributed by atoms with van der Waals surface area (Å²) in [5.74, 6) is 0.439. The summed E-state index contributed by atoms with van der Waals surface area (Å²) in [5, 5.41) is 7.35. The Morgan fingerprint density at radius 3 is 2.51 bits per heavy atom. The Morgan fingerprint density at radius 1 is 1.09 bits per heavy atom. The molecule has 1 fully saturated rings. The second-order valence-corrected chi connectivity index (χ2v) is 11.6. The summed E-state index contributed by atoms with van der Waals surface area (Å²) in [5.41, 5.74) is 4.59. The van der Waals surface area contributed by atoms with Gasteiger partial charge in [-0.15, -0.1) is 18.3 Å². The van der Waals surface area contributed by atoms with Crippen molar-refractivity contribution in [1.82, 2.24) is 20.1 Å². The third-order valence-electron chi connectivity index (χ3n) is 6.85. The number of anilines is 1. The fraction of sp³-hybridized carbons (Fsp3) is 0.250. The molecule has 1 N–H and O–H groups in total. The number of hydrogen-bond acceptors (Lipinski definition) is 5. The predicted octanol–water partition coefficient (Wildman–Crippen LogP) is 8.24. The molecule has 4 aromatic rings. The minimum absolute atomic E-state index is 0.224. The number of hydrogen-bond donors (Lipinski definition) is 1. The number of aliphatic imine (C=N–C) groups is 1. The van der Waals surface area contributed by atoms with Crippen molar-refractivity contribution < 1.29 is 27.1 Å². The molecule has 1 aromatic heterocycles. The minimum Gasteiger partial charge on any atom is -0.406 e. The molecule has 0 bridgehead atoms. The Kier molecular flexibility index (Phi) is 9.57. The van der Waals surface area contributed by atoms with Crippen LogP contribution in [0.4, 0.5) is 28.0 Å². The summed E-state index contributed by atoms with van der Waals surface area (Å²) in [4.78, 5) is 23.3. The molecular formula is C32H30F4N6O2S. The lowest BCUT2D eigenvalue weighted by Gasteiger charge is -2.32. The molecule has 0 spiro atoms. The van der Waals surface area contributed by atoms with Crippen LogP contribution in [0.2, 0.25) is 0 Å². The van der Waals surface area contributed by atoms with E-state index in [9.17, 15) is 22.4 Å². The fourth-order valence-corrected chi connectivity index (χ4v) is 5.63. The molecule has 0 aliphatic carbocycles. The SMILES string of the molecule is Cc1ccc(C(C)C)c(N2CCCSC2=NC(=O)N/C=C(\F)c2ccc(-c3ncn(-c4ccc(OC(F)(F)F)cc4)n3)cc2)c1. The van der Waals surface area contributed by atoms with Crippen molar-refractivity contribution >= 4 is 34.5 Å². The van der Waals surface area contributed by atoms with Crippen molar-refractivity contribution in [2.75, 3.05) is 17.2 Å². The highest BCUT2D eigenvalue weighted by Crippen LogP contribution is 2.33. The zero-order chi connectivity index (χ0) is 32.1. The Hall–Kier alpha value is -4.65. The van der Waals surface area contributed by atoms with Crippen molar-refractivity contribution in [2.45, 2.75) is 39.5 Å². The lowest BCUT2D eigenvalue weighted by molar-refractivity contribution is -0.274. The van der Waals surface area contributed by atoms with Gasteiger partial charge in [-0.1, -0.05) is 62.0 Å². The molecule has 8 nitrogen and oxygen atoms in total. The molecule has 2 heterocycles. The molecule has 13 heteroatoms. The molecule has 3 aromatic carbocycles. The van der Waals surface area contributed by atoms with E-state index in [0.29, 0.717) is 28.2 Å². The lowest BCUT2D eigenvalue weighted by atomic mass is 9.98. The Bertz CT molecular complexity index is 1720. The van der Waals surface area contributed by atoms with Crippen LogP contribution in [0.5, 0.6) is 5.75 Å². The van der Waals surface area contributed by atoms with Gasteiger partial charge in [0.05, 0.1) is 5.69 Å². The molecule has 5 rings (SSSR count). The molecule has 0 unspecified atom stereocenters. The highest BCUT2D eigenvalue weighted by atomic mass is 32.2. The van der Waals surface area contributed by atoms with Crippen LogP contribution in [0, 0.1) is 6.92 Å². The summed E-state index contributed by atoms with van der Waals surface area (Å²) in [6.07, 6.45) is -1.44. The Morgan fingerprint density at radius 2 is 1.82 bits per heavy atom. The maximum Gasteiger partial charge on any atom is 0.573 e. The van der Waals surface area contributed by atoms with Gasteiger partial charge in [-0.25, -0.2) is 18.9 Å². The summed E-state index contributed by atoms with van der Waals surface area (Å²) in [6.45, 7) is 7.01. The number of alkyl halides is 3. The lowest BCUT2D eigenvalue weighted by Crippen LogP contribution is -2.36. The number of halogens is 4. The van der Waals surface area contributed by atoms with Gasteiger partial charge in [-0.2, -0.15) is 4.99 Å². The average Bonchev–Trinajstić information content (AvgIpc) is 3.50. The number of carbonyl (C=O) groups excluding carboxylic acids is 1. The Balaban J connectivity index is 1.24. The number of carbonyl (C=O) groups is 1. The number of urea groups is 1. The van der Waals surface area contributed by atoms with E-state index in [1.165, 1.54) is 64.7 Å². The largest absolute Gasteiger partial charge is 0.573 e. The van der Waals surface area contributed by atoms with Crippen LogP contribution >= 0.6 is 11.8 Å². The molecule has 45 heavy (non-hydrogen) atoms. The number of aromatic nitrogens is 3. The van der Waals surface area contributed by atoms with E-state index in [1.807, 2.05) is 6.92 Å². The number of thioether (sulfide) groups is 1. The zero-order valence-electron chi connectivity index (χ0n) is 24.7. The monoisotopic (exact) mass is 638 g/mol. The maximum atomic E-state index is 15.0. The number of amidine groups is 1. The van der Waals surface area contributed by atoms with Gasteiger partial charge in [-0.3, -0.25) is 0 Å². The second-order valence-electron chi connectivity index (χ2n) is 10.5. The number of ether oxygens (including phenoxy) is 1. The maximum absolute atomic E-state index is 15.0.